The van der Waals surface area contributed by atoms with Crippen LogP contribution in [0.2, 0.25) is 0 Å². The standard InChI is InChI=1S/C14H18O5/c1-14(2)8-18-13(19-11(14)12(15)16)9-4-6-10(17-3)7-5-9/h4-7,11,13H,8H2,1-3H3,(H,15,16). The van der Waals surface area contributed by atoms with E-state index in [1.54, 1.807) is 31.4 Å². The highest BCUT2D eigenvalue weighted by Crippen LogP contribution is 2.36. The summed E-state index contributed by atoms with van der Waals surface area (Å²) in [4.78, 5) is 11.2. The molecule has 5 heteroatoms. The zero-order valence-electron chi connectivity index (χ0n) is 11.3. The second kappa shape index (κ2) is 5.19. The van der Waals surface area contributed by atoms with Gasteiger partial charge in [0.1, 0.15) is 5.75 Å². The molecule has 1 N–H and O–H groups in total. The van der Waals surface area contributed by atoms with E-state index in [-0.39, 0.29) is 0 Å². The van der Waals surface area contributed by atoms with Gasteiger partial charge in [-0.15, -0.1) is 0 Å². The zero-order chi connectivity index (χ0) is 14.0. The number of carboxylic acid groups (broad SMARTS) is 1. The highest BCUT2D eigenvalue weighted by atomic mass is 16.7. The molecular formula is C14H18O5. The molecule has 1 aromatic rings. The van der Waals surface area contributed by atoms with Gasteiger partial charge in [0.2, 0.25) is 0 Å². The molecule has 1 fully saturated rings. The van der Waals surface area contributed by atoms with Crippen LogP contribution in [0.3, 0.4) is 0 Å². The van der Waals surface area contributed by atoms with E-state index in [2.05, 4.69) is 0 Å². The summed E-state index contributed by atoms with van der Waals surface area (Å²) in [6.07, 6.45) is -1.53. The van der Waals surface area contributed by atoms with E-state index in [4.69, 9.17) is 14.2 Å². The van der Waals surface area contributed by atoms with Gasteiger partial charge in [0.05, 0.1) is 13.7 Å². The van der Waals surface area contributed by atoms with Crippen LogP contribution < -0.4 is 4.74 Å². The molecule has 1 aliphatic heterocycles. The molecule has 1 saturated heterocycles. The van der Waals surface area contributed by atoms with Crippen LogP contribution in [0, 0.1) is 5.41 Å². The summed E-state index contributed by atoms with van der Waals surface area (Å²) in [5.41, 5.74) is 0.233. The Hall–Kier alpha value is -1.59. The first-order valence-corrected chi connectivity index (χ1v) is 6.08. The van der Waals surface area contributed by atoms with Gasteiger partial charge in [-0.1, -0.05) is 26.0 Å². The van der Waals surface area contributed by atoms with Gasteiger partial charge in [-0.3, -0.25) is 0 Å². The maximum absolute atomic E-state index is 11.2. The van der Waals surface area contributed by atoms with E-state index in [0.717, 1.165) is 11.3 Å². The first-order chi connectivity index (χ1) is 8.94. The molecule has 0 amide bonds. The van der Waals surface area contributed by atoms with Crippen molar-refractivity contribution in [2.75, 3.05) is 13.7 Å². The number of rotatable bonds is 3. The molecule has 0 aromatic heterocycles. The third-order valence-corrected chi connectivity index (χ3v) is 3.19. The topological polar surface area (TPSA) is 65.0 Å². The number of carboxylic acids is 1. The van der Waals surface area contributed by atoms with Crippen LogP contribution >= 0.6 is 0 Å². The van der Waals surface area contributed by atoms with Crippen molar-refractivity contribution in [2.45, 2.75) is 26.2 Å². The fraction of sp³-hybridized carbons (Fsp3) is 0.500. The molecule has 1 aliphatic rings. The average Bonchev–Trinajstić information content (AvgIpc) is 2.38. The Bertz CT molecular complexity index is 451. The van der Waals surface area contributed by atoms with Gasteiger partial charge < -0.3 is 19.3 Å². The lowest BCUT2D eigenvalue weighted by atomic mass is 9.86. The molecule has 1 aromatic carbocycles. The third-order valence-electron chi connectivity index (χ3n) is 3.19. The van der Waals surface area contributed by atoms with E-state index >= 15 is 0 Å². The number of hydrogen-bond donors (Lipinski definition) is 1. The zero-order valence-corrected chi connectivity index (χ0v) is 11.3. The summed E-state index contributed by atoms with van der Waals surface area (Å²) < 4.78 is 16.2. The predicted molar refractivity (Wildman–Crippen MR) is 68.0 cm³/mol. The van der Waals surface area contributed by atoms with Crippen LogP contribution in [0.15, 0.2) is 24.3 Å². The molecular weight excluding hydrogens is 248 g/mol. The van der Waals surface area contributed by atoms with Gasteiger partial charge in [0.15, 0.2) is 12.4 Å². The number of ether oxygens (including phenoxy) is 3. The first-order valence-electron chi connectivity index (χ1n) is 6.08. The monoisotopic (exact) mass is 266 g/mol. The van der Waals surface area contributed by atoms with Gasteiger partial charge in [-0.25, -0.2) is 4.79 Å². The van der Waals surface area contributed by atoms with E-state index in [0.29, 0.717) is 6.61 Å². The van der Waals surface area contributed by atoms with Crippen LogP contribution in [0.1, 0.15) is 25.7 Å². The minimum absolute atomic E-state index is 0.334. The van der Waals surface area contributed by atoms with Crippen LogP contribution in [-0.2, 0) is 14.3 Å². The van der Waals surface area contributed by atoms with E-state index in [1.807, 2.05) is 13.8 Å². The largest absolute Gasteiger partial charge is 0.497 e. The summed E-state index contributed by atoms with van der Waals surface area (Å²) in [5, 5.41) is 9.22. The number of carbonyl (C=O) groups is 1. The molecule has 2 unspecified atom stereocenters. The predicted octanol–water partition coefficient (Wildman–Crippen LogP) is 2.22. The highest BCUT2D eigenvalue weighted by molar-refractivity contribution is 5.73. The highest BCUT2D eigenvalue weighted by Gasteiger charge is 2.43. The van der Waals surface area contributed by atoms with Crippen molar-refractivity contribution in [3.05, 3.63) is 29.8 Å². The normalized spacial score (nSPS) is 25.8. The summed E-state index contributed by atoms with van der Waals surface area (Å²) in [6, 6.07) is 7.19. The fourth-order valence-electron chi connectivity index (χ4n) is 2.04. The first kappa shape index (κ1) is 13.8. The van der Waals surface area contributed by atoms with Crippen molar-refractivity contribution in [1.82, 2.24) is 0 Å². The Morgan fingerprint density at radius 2 is 2.00 bits per heavy atom. The van der Waals surface area contributed by atoms with Gasteiger partial charge in [-0.2, -0.15) is 0 Å². The van der Waals surface area contributed by atoms with Crippen molar-refractivity contribution in [2.24, 2.45) is 5.41 Å². The van der Waals surface area contributed by atoms with E-state index < -0.39 is 23.8 Å². The fourth-order valence-corrected chi connectivity index (χ4v) is 2.04. The van der Waals surface area contributed by atoms with Crippen molar-refractivity contribution in [3.8, 4) is 5.75 Å². The molecule has 104 valence electrons. The molecule has 0 radical (unpaired) electrons. The molecule has 0 spiro atoms. The van der Waals surface area contributed by atoms with Crippen molar-refractivity contribution in [1.29, 1.82) is 0 Å². The number of hydrogen-bond acceptors (Lipinski definition) is 4. The van der Waals surface area contributed by atoms with Crippen LogP contribution in [0.25, 0.3) is 0 Å². The van der Waals surface area contributed by atoms with Crippen molar-refractivity contribution >= 4 is 5.97 Å². The average molecular weight is 266 g/mol. The Morgan fingerprint density at radius 1 is 1.37 bits per heavy atom. The lowest BCUT2D eigenvalue weighted by Crippen LogP contribution is -2.47. The Kier molecular flexibility index (Phi) is 3.78. The Labute approximate surface area is 112 Å². The summed E-state index contributed by atoms with van der Waals surface area (Å²) in [7, 11) is 1.59. The lowest BCUT2D eigenvalue weighted by Gasteiger charge is -2.39. The molecule has 5 nitrogen and oxygen atoms in total. The Morgan fingerprint density at radius 3 is 2.53 bits per heavy atom. The SMILES string of the molecule is COc1ccc(C2OCC(C)(C)C(C(=O)O)O2)cc1. The third kappa shape index (κ3) is 2.88. The Balaban J connectivity index is 2.16. The molecule has 2 rings (SSSR count). The van der Waals surface area contributed by atoms with Gasteiger partial charge in [0.25, 0.3) is 0 Å². The van der Waals surface area contributed by atoms with E-state index in [1.165, 1.54) is 0 Å². The number of aliphatic carboxylic acids is 1. The van der Waals surface area contributed by atoms with Crippen molar-refractivity contribution in [3.63, 3.8) is 0 Å². The van der Waals surface area contributed by atoms with Gasteiger partial charge in [0, 0.05) is 11.0 Å². The van der Waals surface area contributed by atoms with Crippen LogP contribution in [0.5, 0.6) is 5.75 Å². The summed E-state index contributed by atoms with van der Waals surface area (Å²) >= 11 is 0. The lowest BCUT2D eigenvalue weighted by molar-refractivity contribution is -0.264. The second-order valence-corrected chi connectivity index (χ2v) is 5.26. The molecule has 0 aliphatic carbocycles. The maximum atomic E-state index is 11.2. The summed E-state index contributed by atoms with van der Waals surface area (Å²) in [6.45, 7) is 3.96. The maximum Gasteiger partial charge on any atom is 0.333 e. The van der Waals surface area contributed by atoms with Crippen molar-refractivity contribution < 1.29 is 24.1 Å². The molecule has 0 saturated carbocycles. The number of benzene rings is 1. The molecule has 2 atom stereocenters. The second-order valence-electron chi connectivity index (χ2n) is 5.26. The number of methoxy groups -OCH3 is 1. The molecule has 1 heterocycles. The smallest absolute Gasteiger partial charge is 0.333 e. The quantitative estimate of drug-likeness (QED) is 0.908. The molecule has 0 bridgehead atoms. The van der Waals surface area contributed by atoms with Gasteiger partial charge in [-0.05, 0) is 12.1 Å². The van der Waals surface area contributed by atoms with Crippen LogP contribution in [-0.4, -0.2) is 30.9 Å². The molecule has 19 heavy (non-hydrogen) atoms. The minimum atomic E-state index is -0.966. The van der Waals surface area contributed by atoms with E-state index in [9.17, 15) is 9.90 Å². The van der Waals surface area contributed by atoms with Crippen LogP contribution in [0.4, 0.5) is 0 Å². The summed E-state index contributed by atoms with van der Waals surface area (Å²) in [5.74, 6) is -0.235. The minimum Gasteiger partial charge on any atom is -0.497 e. The van der Waals surface area contributed by atoms with Gasteiger partial charge >= 0.3 is 5.97 Å².